The van der Waals surface area contributed by atoms with Gasteiger partial charge in [0.05, 0.1) is 6.61 Å². The fraction of sp³-hybridized carbons (Fsp3) is 0.286. The highest BCUT2D eigenvalue weighted by Crippen LogP contribution is 2.16. The number of ether oxygens (including phenoxy) is 1. The minimum absolute atomic E-state index is 0.00318. The molecule has 12 heteroatoms. The zero-order valence-electron chi connectivity index (χ0n) is 22.2. The van der Waals surface area contributed by atoms with Crippen molar-refractivity contribution < 1.29 is 28.4 Å². The van der Waals surface area contributed by atoms with Crippen LogP contribution in [0.25, 0.3) is 0 Å². The quantitative estimate of drug-likeness (QED) is 0.214. The van der Waals surface area contributed by atoms with E-state index in [9.17, 15) is 24.0 Å². The van der Waals surface area contributed by atoms with Crippen molar-refractivity contribution in [3.8, 4) is 0 Å². The topological polar surface area (TPSA) is 176 Å². The van der Waals surface area contributed by atoms with Crippen molar-refractivity contribution in [2.75, 3.05) is 11.9 Å². The highest BCUT2D eigenvalue weighted by molar-refractivity contribution is 6.02. The Hall–Kier alpha value is -5.00. The number of hydrogen-bond donors (Lipinski definition) is 3. The molecule has 2 aromatic heterocycles. The molecule has 0 saturated carbocycles. The molecule has 3 amide bonds. The summed E-state index contributed by atoms with van der Waals surface area (Å²) in [6.07, 6.45) is 4.23. The van der Waals surface area contributed by atoms with E-state index in [2.05, 4.69) is 15.8 Å². The van der Waals surface area contributed by atoms with Gasteiger partial charge in [0.25, 0.3) is 11.5 Å². The van der Waals surface area contributed by atoms with Crippen LogP contribution in [0.3, 0.4) is 0 Å². The zero-order chi connectivity index (χ0) is 29.1. The van der Waals surface area contributed by atoms with Crippen LogP contribution in [0, 0.1) is 6.92 Å². The van der Waals surface area contributed by atoms with Gasteiger partial charge in [-0.1, -0.05) is 41.6 Å². The number of primary amides is 1. The summed E-state index contributed by atoms with van der Waals surface area (Å²) >= 11 is 0. The van der Waals surface area contributed by atoms with Crippen LogP contribution in [0.2, 0.25) is 0 Å². The van der Waals surface area contributed by atoms with Crippen LogP contribution in [-0.2, 0) is 25.5 Å². The molecular formula is C28H31N5O7. The van der Waals surface area contributed by atoms with Crippen molar-refractivity contribution >= 4 is 29.4 Å². The third-order valence-electron chi connectivity index (χ3n) is 5.77. The number of esters is 1. The second-order valence-electron chi connectivity index (χ2n) is 8.85. The Kier molecular flexibility index (Phi) is 10.5. The van der Waals surface area contributed by atoms with E-state index in [4.69, 9.17) is 15.0 Å². The molecule has 0 aliphatic heterocycles. The summed E-state index contributed by atoms with van der Waals surface area (Å²) in [6.45, 7) is 3.46. The van der Waals surface area contributed by atoms with Crippen LogP contribution < -0.4 is 21.9 Å². The van der Waals surface area contributed by atoms with E-state index in [0.29, 0.717) is 5.76 Å². The molecule has 0 aliphatic carbocycles. The SMILES string of the molecule is CCOC(=O)/C=C\[C@H](CCC(N)=O)NC(=O)[C@H](Cc1ccccc1)n1cccc(NC(=O)c2cc(C)on2)c1=O. The van der Waals surface area contributed by atoms with E-state index >= 15 is 0 Å². The molecule has 1 aromatic carbocycles. The van der Waals surface area contributed by atoms with Gasteiger partial charge in [-0.25, -0.2) is 4.79 Å². The minimum atomic E-state index is -1.05. The number of aryl methyl sites for hydroxylation is 1. The molecule has 0 radical (unpaired) electrons. The number of amides is 3. The number of rotatable bonds is 13. The van der Waals surface area contributed by atoms with Gasteiger partial charge in [0.2, 0.25) is 11.8 Å². The second-order valence-corrected chi connectivity index (χ2v) is 8.85. The maximum absolute atomic E-state index is 13.6. The van der Waals surface area contributed by atoms with Gasteiger partial charge in [0.15, 0.2) is 5.69 Å². The Labute approximate surface area is 230 Å². The van der Waals surface area contributed by atoms with Crippen molar-refractivity contribution in [3.05, 3.63) is 94.3 Å². The van der Waals surface area contributed by atoms with Crippen LogP contribution in [-0.4, -0.2) is 46.1 Å². The molecule has 3 rings (SSSR count). The summed E-state index contributed by atoms with van der Waals surface area (Å²) in [6, 6.07) is 11.6. The molecule has 0 spiro atoms. The summed E-state index contributed by atoms with van der Waals surface area (Å²) in [4.78, 5) is 62.9. The summed E-state index contributed by atoms with van der Waals surface area (Å²) in [5, 5.41) is 8.96. The highest BCUT2D eigenvalue weighted by atomic mass is 16.5. The molecule has 4 N–H and O–H groups in total. The molecule has 40 heavy (non-hydrogen) atoms. The zero-order valence-corrected chi connectivity index (χ0v) is 22.2. The number of pyridine rings is 1. The van der Waals surface area contributed by atoms with Crippen LogP contribution in [0.5, 0.6) is 0 Å². The fourth-order valence-corrected chi connectivity index (χ4v) is 3.84. The first kappa shape index (κ1) is 29.6. The normalized spacial score (nSPS) is 12.4. The maximum atomic E-state index is 13.6. The maximum Gasteiger partial charge on any atom is 0.330 e. The van der Waals surface area contributed by atoms with E-state index in [1.165, 1.54) is 35.0 Å². The van der Waals surface area contributed by atoms with Crippen LogP contribution >= 0.6 is 0 Å². The smallest absolute Gasteiger partial charge is 0.330 e. The fourth-order valence-electron chi connectivity index (χ4n) is 3.84. The number of carbonyl (C=O) groups is 4. The van der Waals surface area contributed by atoms with Crippen LogP contribution in [0.15, 0.2) is 76.2 Å². The lowest BCUT2D eigenvalue weighted by atomic mass is 10.0. The van der Waals surface area contributed by atoms with Gasteiger partial charge in [-0.15, -0.1) is 0 Å². The lowest BCUT2D eigenvalue weighted by Gasteiger charge is -2.23. The van der Waals surface area contributed by atoms with E-state index in [1.54, 1.807) is 26.0 Å². The standard InChI is InChI=1S/C28H31N5O7/c1-3-39-25(35)14-12-20(11-13-24(29)34)30-27(37)23(17-19-8-5-4-6-9-19)33-15-7-10-21(28(33)38)31-26(36)22-16-18(2)40-32-22/h4-10,12,14-16,20,23H,3,11,13,17H2,1-2H3,(H2,29,34)(H,30,37)(H,31,36)/b14-12-/t20-,23-/m0/s1. The first-order chi connectivity index (χ1) is 19.2. The van der Waals surface area contributed by atoms with Crippen molar-refractivity contribution in [3.63, 3.8) is 0 Å². The van der Waals surface area contributed by atoms with Gasteiger partial charge in [0, 0.05) is 37.2 Å². The molecule has 0 aliphatic rings. The number of benzene rings is 1. The molecular weight excluding hydrogens is 518 g/mol. The average molecular weight is 550 g/mol. The number of nitrogens with two attached hydrogens (primary N) is 1. The lowest BCUT2D eigenvalue weighted by Crippen LogP contribution is -2.43. The summed E-state index contributed by atoms with van der Waals surface area (Å²) in [5.41, 5.74) is 5.38. The van der Waals surface area contributed by atoms with Crippen LogP contribution in [0.1, 0.15) is 47.6 Å². The molecule has 0 fully saturated rings. The van der Waals surface area contributed by atoms with E-state index in [0.717, 1.165) is 11.6 Å². The molecule has 0 bridgehead atoms. The van der Waals surface area contributed by atoms with E-state index < -0.39 is 41.3 Å². The Bertz CT molecular complexity index is 1430. The molecule has 12 nitrogen and oxygen atoms in total. The van der Waals surface area contributed by atoms with Gasteiger partial charge < -0.3 is 30.2 Å². The van der Waals surface area contributed by atoms with Gasteiger partial charge in [0.1, 0.15) is 17.5 Å². The number of nitrogens with zero attached hydrogens (tertiary/aromatic N) is 2. The predicted octanol–water partition coefficient (Wildman–Crippen LogP) is 2.05. The number of carbonyl (C=O) groups excluding carboxylic acids is 4. The van der Waals surface area contributed by atoms with E-state index in [-0.39, 0.29) is 37.3 Å². The second kappa shape index (κ2) is 14.2. The molecule has 0 unspecified atom stereocenters. The van der Waals surface area contributed by atoms with Crippen LogP contribution in [0.4, 0.5) is 5.69 Å². The number of hydrogen-bond acceptors (Lipinski definition) is 8. The Balaban J connectivity index is 1.92. The molecule has 0 saturated heterocycles. The van der Waals surface area contributed by atoms with Crippen molar-refractivity contribution in [1.29, 1.82) is 0 Å². The molecule has 2 heterocycles. The summed E-state index contributed by atoms with van der Waals surface area (Å²) in [7, 11) is 0. The Morgan fingerprint density at radius 3 is 2.55 bits per heavy atom. The van der Waals surface area contributed by atoms with Gasteiger partial charge in [-0.3, -0.25) is 19.2 Å². The lowest BCUT2D eigenvalue weighted by molar-refractivity contribution is -0.137. The highest BCUT2D eigenvalue weighted by Gasteiger charge is 2.25. The summed E-state index contributed by atoms with van der Waals surface area (Å²) in [5.74, 6) is -1.95. The molecule has 2 atom stereocenters. The van der Waals surface area contributed by atoms with E-state index in [1.807, 2.05) is 18.2 Å². The number of nitrogens with one attached hydrogen (secondary N) is 2. The van der Waals surface area contributed by atoms with Gasteiger partial charge >= 0.3 is 5.97 Å². The average Bonchev–Trinajstić information content (AvgIpc) is 3.37. The number of aromatic nitrogens is 2. The van der Waals surface area contributed by atoms with Gasteiger partial charge in [-0.05, 0) is 38.0 Å². The first-order valence-corrected chi connectivity index (χ1v) is 12.6. The molecule has 3 aromatic rings. The largest absolute Gasteiger partial charge is 0.463 e. The Morgan fingerprint density at radius 2 is 1.90 bits per heavy atom. The minimum Gasteiger partial charge on any atom is -0.463 e. The monoisotopic (exact) mass is 549 g/mol. The first-order valence-electron chi connectivity index (χ1n) is 12.6. The van der Waals surface area contributed by atoms with Crippen molar-refractivity contribution in [2.45, 2.75) is 45.2 Å². The molecule has 210 valence electrons. The third kappa shape index (κ3) is 8.51. The van der Waals surface area contributed by atoms with Gasteiger partial charge in [-0.2, -0.15) is 0 Å². The summed E-state index contributed by atoms with van der Waals surface area (Å²) < 4.78 is 11.0. The predicted molar refractivity (Wildman–Crippen MR) is 145 cm³/mol. The Morgan fingerprint density at radius 1 is 1.15 bits per heavy atom. The number of anilines is 1. The van der Waals surface area contributed by atoms with Crippen molar-refractivity contribution in [1.82, 2.24) is 15.0 Å². The van der Waals surface area contributed by atoms with Crippen molar-refractivity contribution in [2.24, 2.45) is 5.73 Å². The third-order valence-corrected chi connectivity index (χ3v) is 5.77.